The molecule has 0 N–H and O–H groups in total. The highest BCUT2D eigenvalue weighted by Crippen LogP contribution is 2.32. The zero-order valence-corrected chi connectivity index (χ0v) is 15.8. The van der Waals surface area contributed by atoms with Crippen LogP contribution in [-0.2, 0) is 7.05 Å². The topological polar surface area (TPSA) is 49.0 Å². The maximum atomic E-state index is 12.2. The van der Waals surface area contributed by atoms with Gasteiger partial charge in [-0.25, -0.2) is 0 Å². The standard InChI is InChI=1S/C23H21N3O2/c1-17(18-9-5-3-6-10-18)26-15-19(14-24-26)21-16-25(2)23(27)13-22(21)28-20-11-7-4-8-12-20/h3-17H,1-2H3. The largest absolute Gasteiger partial charge is 0.456 e. The van der Waals surface area contributed by atoms with Crippen LogP contribution in [0.5, 0.6) is 11.5 Å². The van der Waals surface area contributed by atoms with Gasteiger partial charge in [-0.3, -0.25) is 9.48 Å². The van der Waals surface area contributed by atoms with E-state index < -0.39 is 0 Å². The van der Waals surface area contributed by atoms with Crippen molar-refractivity contribution in [3.63, 3.8) is 0 Å². The minimum absolute atomic E-state index is 0.0981. The highest BCUT2D eigenvalue weighted by Gasteiger charge is 2.15. The number of pyridine rings is 1. The number of para-hydroxylation sites is 1. The molecule has 2 aromatic heterocycles. The molecule has 1 atom stereocenters. The minimum Gasteiger partial charge on any atom is -0.456 e. The second-order valence-corrected chi connectivity index (χ2v) is 6.71. The van der Waals surface area contributed by atoms with Gasteiger partial charge in [0.15, 0.2) is 0 Å². The van der Waals surface area contributed by atoms with Gasteiger partial charge in [0.1, 0.15) is 11.5 Å². The summed E-state index contributed by atoms with van der Waals surface area (Å²) in [4.78, 5) is 12.2. The normalized spacial score (nSPS) is 11.9. The SMILES string of the molecule is CC(c1ccccc1)n1cc(-c2cn(C)c(=O)cc2Oc2ccccc2)cn1. The third kappa shape index (κ3) is 3.60. The lowest BCUT2D eigenvalue weighted by Crippen LogP contribution is -2.15. The summed E-state index contributed by atoms with van der Waals surface area (Å²) in [5, 5.41) is 4.54. The van der Waals surface area contributed by atoms with Crippen LogP contribution in [-0.4, -0.2) is 14.3 Å². The van der Waals surface area contributed by atoms with Gasteiger partial charge in [-0.1, -0.05) is 48.5 Å². The van der Waals surface area contributed by atoms with Gasteiger partial charge in [0.05, 0.1) is 12.2 Å². The molecule has 1 unspecified atom stereocenters. The Morgan fingerprint density at radius 2 is 1.64 bits per heavy atom. The summed E-state index contributed by atoms with van der Waals surface area (Å²) >= 11 is 0. The quantitative estimate of drug-likeness (QED) is 0.513. The lowest BCUT2D eigenvalue weighted by Gasteiger charge is -2.13. The van der Waals surface area contributed by atoms with Gasteiger partial charge in [-0.05, 0) is 24.6 Å². The fourth-order valence-corrected chi connectivity index (χ4v) is 3.10. The molecule has 0 aliphatic carbocycles. The summed E-state index contributed by atoms with van der Waals surface area (Å²) in [5.41, 5.74) is 2.76. The van der Waals surface area contributed by atoms with E-state index in [1.807, 2.05) is 59.4 Å². The molecule has 0 radical (unpaired) electrons. The molecule has 5 heteroatoms. The lowest BCUT2D eigenvalue weighted by atomic mass is 10.1. The molecule has 0 fully saturated rings. The predicted octanol–water partition coefficient (Wildman–Crippen LogP) is 4.65. The number of ether oxygens (including phenoxy) is 1. The van der Waals surface area contributed by atoms with Crippen molar-refractivity contribution in [2.75, 3.05) is 0 Å². The first-order valence-corrected chi connectivity index (χ1v) is 9.15. The van der Waals surface area contributed by atoms with Crippen molar-refractivity contribution in [2.45, 2.75) is 13.0 Å². The van der Waals surface area contributed by atoms with E-state index in [4.69, 9.17) is 4.74 Å². The van der Waals surface area contributed by atoms with E-state index in [2.05, 4.69) is 24.2 Å². The minimum atomic E-state index is -0.125. The number of nitrogens with zero attached hydrogens (tertiary/aromatic N) is 3. The van der Waals surface area contributed by atoms with Crippen LogP contribution in [0, 0.1) is 0 Å². The Bertz CT molecular complexity index is 1130. The van der Waals surface area contributed by atoms with Gasteiger partial charge >= 0.3 is 0 Å². The van der Waals surface area contributed by atoms with Crippen LogP contribution >= 0.6 is 0 Å². The maximum absolute atomic E-state index is 12.2. The van der Waals surface area contributed by atoms with Crippen LogP contribution in [0.1, 0.15) is 18.5 Å². The molecule has 140 valence electrons. The predicted molar refractivity (Wildman–Crippen MR) is 110 cm³/mol. The van der Waals surface area contributed by atoms with Crippen molar-refractivity contribution >= 4 is 0 Å². The molecule has 0 bridgehead atoms. The first kappa shape index (κ1) is 17.8. The van der Waals surface area contributed by atoms with E-state index in [1.54, 1.807) is 24.0 Å². The van der Waals surface area contributed by atoms with Crippen molar-refractivity contribution in [3.05, 3.63) is 101 Å². The third-order valence-electron chi connectivity index (χ3n) is 4.75. The van der Waals surface area contributed by atoms with E-state index in [-0.39, 0.29) is 11.6 Å². The monoisotopic (exact) mass is 371 g/mol. The number of hydrogen-bond acceptors (Lipinski definition) is 3. The van der Waals surface area contributed by atoms with Gasteiger partial charge in [0.2, 0.25) is 0 Å². The summed E-state index contributed by atoms with van der Waals surface area (Å²) in [7, 11) is 1.73. The summed E-state index contributed by atoms with van der Waals surface area (Å²) in [6.07, 6.45) is 5.57. The fourth-order valence-electron chi connectivity index (χ4n) is 3.10. The molecular weight excluding hydrogens is 350 g/mol. The Balaban J connectivity index is 1.72. The van der Waals surface area contributed by atoms with Crippen molar-refractivity contribution in [3.8, 4) is 22.6 Å². The number of hydrogen-bond donors (Lipinski definition) is 0. The molecule has 0 aliphatic heterocycles. The van der Waals surface area contributed by atoms with Crippen molar-refractivity contribution in [2.24, 2.45) is 7.05 Å². The van der Waals surface area contributed by atoms with Crippen LogP contribution in [0.15, 0.2) is 90.1 Å². The molecule has 5 nitrogen and oxygen atoms in total. The van der Waals surface area contributed by atoms with E-state index >= 15 is 0 Å². The summed E-state index contributed by atoms with van der Waals surface area (Å²) < 4.78 is 9.47. The Labute approximate surface area is 163 Å². The average Bonchev–Trinajstić information content (AvgIpc) is 3.21. The molecule has 0 saturated carbocycles. The molecule has 0 amide bonds. The van der Waals surface area contributed by atoms with Gasteiger partial charge in [0, 0.05) is 36.6 Å². The number of benzene rings is 2. The summed E-state index contributed by atoms with van der Waals surface area (Å²) in [6.45, 7) is 2.11. The van der Waals surface area contributed by atoms with Crippen LogP contribution < -0.4 is 10.3 Å². The molecule has 28 heavy (non-hydrogen) atoms. The Kier molecular flexibility index (Phi) is 4.81. The Morgan fingerprint density at radius 3 is 2.36 bits per heavy atom. The molecule has 2 heterocycles. The number of rotatable bonds is 5. The van der Waals surface area contributed by atoms with Crippen LogP contribution in [0.4, 0.5) is 0 Å². The summed E-state index contributed by atoms with van der Waals surface area (Å²) in [6, 6.07) is 21.3. The summed E-state index contributed by atoms with van der Waals surface area (Å²) in [5.74, 6) is 1.20. The van der Waals surface area contributed by atoms with Gasteiger partial charge in [0.25, 0.3) is 5.56 Å². The second kappa shape index (κ2) is 7.56. The molecule has 4 aromatic rings. The van der Waals surface area contributed by atoms with Crippen molar-refractivity contribution < 1.29 is 4.74 Å². The van der Waals surface area contributed by atoms with Crippen LogP contribution in [0.3, 0.4) is 0 Å². The highest BCUT2D eigenvalue weighted by atomic mass is 16.5. The molecule has 2 aromatic carbocycles. The maximum Gasteiger partial charge on any atom is 0.254 e. The molecule has 0 aliphatic rings. The third-order valence-corrected chi connectivity index (χ3v) is 4.75. The molecule has 0 saturated heterocycles. The zero-order valence-electron chi connectivity index (χ0n) is 15.8. The van der Waals surface area contributed by atoms with E-state index in [1.165, 1.54) is 11.6 Å². The second-order valence-electron chi connectivity index (χ2n) is 6.71. The van der Waals surface area contributed by atoms with E-state index in [9.17, 15) is 4.79 Å². The molecule has 0 spiro atoms. The van der Waals surface area contributed by atoms with Crippen LogP contribution in [0.25, 0.3) is 11.1 Å². The molecular formula is C23H21N3O2. The van der Waals surface area contributed by atoms with Crippen molar-refractivity contribution in [1.29, 1.82) is 0 Å². The van der Waals surface area contributed by atoms with E-state index in [0.29, 0.717) is 11.5 Å². The Hall–Kier alpha value is -3.60. The molecule has 4 rings (SSSR count). The van der Waals surface area contributed by atoms with Crippen molar-refractivity contribution in [1.82, 2.24) is 14.3 Å². The highest BCUT2D eigenvalue weighted by molar-refractivity contribution is 5.68. The average molecular weight is 371 g/mol. The number of aryl methyl sites for hydroxylation is 1. The lowest BCUT2D eigenvalue weighted by molar-refractivity contribution is 0.481. The van der Waals surface area contributed by atoms with Gasteiger partial charge in [-0.2, -0.15) is 5.10 Å². The number of aromatic nitrogens is 3. The first-order chi connectivity index (χ1) is 13.6. The van der Waals surface area contributed by atoms with E-state index in [0.717, 1.165) is 11.1 Å². The Morgan fingerprint density at radius 1 is 0.964 bits per heavy atom. The smallest absolute Gasteiger partial charge is 0.254 e. The van der Waals surface area contributed by atoms with Crippen LogP contribution in [0.2, 0.25) is 0 Å². The first-order valence-electron chi connectivity index (χ1n) is 9.15. The van der Waals surface area contributed by atoms with Gasteiger partial charge in [-0.15, -0.1) is 0 Å². The fraction of sp³-hybridized carbons (Fsp3) is 0.130. The van der Waals surface area contributed by atoms with Gasteiger partial charge < -0.3 is 9.30 Å². The zero-order chi connectivity index (χ0) is 19.5.